The topological polar surface area (TPSA) is 115 Å². The SMILES string of the molecule is O=C(O)c1c(O)c(Cc2c(O)c(C(=O)O)c(Br)c3ccccc23)c2ccccc2c1Br. The molecule has 0 heterocycles. The molecule has 4 rings (SSSR count). The maximum Gasteiger partial charge on any atom is 0.340 e. The smallest absolute Gasteiger partial charge is 0.340 e. The van der Waals surface area contributed by atoms with Crippen molar-refractivity contribution < 1.29 is 30.0 Å². The summed E-state index contributed by atoms with van der Waals surface area (Å²) in [5.41, 5.74) is -0.0493. The van der Waals surface area contributed by atoms with Gasteiger partial charge in [0, 0.05) is 26.5 Å². The predicted octanol–water partition coefficient (Wildman–Crippen LogP) is 5.92. The van der Waals surface area contributed by atoms with Crippen LogP contribution in [0.15, 0.2) is 57.5 Å². The third-order valence-corrected chi connectivity index (χ3v) is 6.89. The predicted molar refractivity (Wildman–Crippen MR) is 123 cm³/mol. The van der Waals surface area contributed by atoms with Crippen LogP contribution in [-0.4, -0.2) is 32.4 Å². The van der Waals surface area contributed by atoms with E-state index in [4.69, 9.17) is 0 Å². The Kier molecular flexibility index (Phi) is 5.36. The summed E-state index contributed by atoms with van der Waals surface area (Å²) in [5, 5.41) is 43.4. The Bertz CT molecular complexity index is 1300. The lowest BCUT2D eigenvalue weighted by atomic mass is 9.90. The van der Waals surface area contributed by atoms with Crippen LogP contribution in [0.4, 0.5) is 0 Å². The first-order chi connectivity index (χ1) is 14.7. The fourth-order valence-electron chi connectivity index (χ4n) is 3.83. The molecule has 0 fully saturated rings. The maximum absolute atomic E-state index is 11.8. The first-order valence-electron chi connectivity index (χ1n) is 9.04. The summed E-state index contributed by atoms with van der Waals surface area (Å²) >= 11 is 6.55. The van der Waals surface area contributed by atoms with Crippen molar-refractivity contribution in [3.8, 4) is 11.5 Å². The quantitative estimate of drug-likeness (QED) is 0.253. The lowest BCUT2D eigenvalue weighted by Gasteiger charge is -2.18. The van der Waals surface area contributed by atoms with Crippen LogP contribution < -0.4 is 0 Å². The molecule has 156 valence electrons. The van der Waals surface area contributed by atoms with Crippen LogP contribution in [0.1, 0.15) is 31.8 Å². The summed E-state index contributed by atoms with van der Waals surface area (Å²) in [6.07, 6.45) is -0.0835. The van der Waals surface area contributed by atoms with Crippen LogP contribution in [0, 0.1) is 0 Å². The minimum absolute atomic E-state index is 0.0835. The van der Waals surface area contributed by atoms with Crippen LogP contribution in [0.2, 0.25) is 0 Å². The number of halogens is 2. The first kappa shape index (κ1) is 21.1. The van der Waals surface area contributed by atoms with E-state index in [0.717, 1.165) is 0 Å². The van der Waals surface area contributed by atoms with Crippen LogP contribution in [0.3, 0.4) is 0 Å². The van der Waals surface area contributed by atoms with Crippen molar-refractivity contribution in [3.63, 3.8) is 0 Å². The van der Waals surface area contributed by atoms with Gasteiger partial charge in [-0.1, -0.05) is 48.5 Å². The third kappa shape index (κ3) is 3.32. The van der Waals surface area contributed by atoms with Crippen molar-refractivity contribution in [1.82, 2.24) is 0 Å². The minimum atomic E-state index is -1.31. The van der Waals surface area contributed by atoms with Crippen molar-refractivity contribution in [3.05, 3.63) is 79.7 Å². The van der Waals surface area contributed by atoms with Crippen LogP contribution in [0.25, 0.3) is 21.5 Å². The number of aromatic carboxylic acids is 2. The zero-order valence-corrected chi connectivity index (χ0v) is 18.9. The first-order valence-corrected chi connectivity index (χ1v) is 10.6. The van der Waals surface area contributed by atoms with Crippen molar-refractivity contribution in [1.29, 1.82) is 0 Å². The molecule has 0 aliphatic carbocycles. The number of benzene rings is 4. The highest BCUT2D eigenvalue weighted by molar-refractivity contribution is 9.11. The molecular weight excluding hydrogens is 532 g/mol. The number of hydrogen-bond donors (Lipinski definition) is 4. The van der Waals surface area contributed by atoms with E-state index in [1.807, 2.05) is 0 Å². The normalized spacial score (nSPS) is 11.2. The molecule has 0 amide bonds. The highest BCUT2D eigenvalue weighted by atomic mass is 79.9. The molecule has 0 radical (unpaired) electrons. The Hall–Kier alpha value is -3.10. The van der Waals surface area contributed by atoms with E-state index in [1.165, 1.54) is 0 Å². The summed E-state index contributed by atoms with van der Waals surface area (Å²) in [5.74, 6) is -3.51. The van der Waals surface area contributed by atoms with Crippen molar-refractivity contribution in [2.75, 3.05) is 0 Å². The van der Waals surface area contributed by atoms with Crippen molar-refractivity contribution in [2.24, 2.45) is 0 Å². The largest absolute Gasteiger partial charge is 0.507 e. The number of carbonyl (C=O) groups is 2. The van der Waals surface area contributed by atoms with E-state index in [0.29, 0.717) is 21.5 Å². The Morgan fingerprint density at radius 3 is 1.29 bits per heavy atom. The van der Waals surface area contributed by atoms with Crippen LogP contribution in [0.5, 0.6) is 11.5 Å². The van der Waals surface area contributed by atoms with Crippen LogP contribution >= 0.6 is 31.9 Å². The molecule has 6 nitrogen and oxygen atoms in total. The molecule has 0 aliphatic rings. The second kappa shape index (κ2) is 7.86. The fraction of sp³-hybridized carbons (Fsp3) is 0.0435. The van der Waals surface area contributed by atoms with Gasteiger partial charge in [0.25, 0.3) is 0 Å². The van der Waals surface area contributed by atoms with Gasteiger partial charge in [0.05, 0.1) is 0 Å². The molecule has 0 atom stereocenters. The number of rotatable bonds is 4. The van der Waals surface area contributed by atoms with Gasteiger partial charge >= 0.3 is 11.9 Å². The van der Waals surface area contributed by atoms with Gasteiger partial charge in [0.2, 0.25) is 0 Å². The second-order valence-corrected chi connectivity index (χ2v) is 8.50. The van der Waals surface area contributed by atoms with Crippen molar-refractivity contribution >= 4 is 65.3 Å². The van der Waals surface area contributed by atoms with Gasteiger partial charge in [-0.2, -0.15) is 0 Å². The molecule has 0 saturated carbocycles. The van der Waals surface area contributed by atoms with E-state index in [-0.39, 0.29) is 37.6 Å². The summed E-state index contributed by atoms with van der Waals surface area (Å²) in [7, 11) is 0. The molecule has 0 unspecified atom stereocenters. The number of carboxylic acid groups (broad SMARTS) is 2. The molecule has 0 spiro atoms. The van der Waals surface area contributed by atoms with E-state index >= 15 is 0 Å². The molecule has 0 aliphatic heterocycles. The molecule has 4 aromatic carbocycles. The van der Waals surface area contributed by atoms with Crippen molar-refractivity contribution in [2.45, 2.75) is 6.42 Å². The van der Waals surface area contributed by atoms with Gasteiger partial charge in [-0.25, -0.2) is 9.59 Å². The average molecular weight is 546 g/mol. The van der Waals surface area contributed by atoms with E-state index in [9.17, 15) is 30.0 Å². The zero-order chi connectivity index (χ0) is 22.4. The summed E-state index contributed by atoms with van der Waals surface area (Å²) in [6.45, 7) is 0. The second-order valence-electron chi connectivity index (χ2n) is 6.91. The van der Waals surface area contributed by atoms with Gasteiger partial charge < -0.3 is 20.4 Å². The molecule has 0 aromatic heterocycles. The summed E-state index contributed by atoms with van der Waals surface area (Å²) in [4.78, 5) is 23.7. The Morgan fingerprint density at radius 2 is 0.968 bits per heavy atom. The highest BCUT2D eigenvalue weighted by Crippen LogP contribution is 2.44. The molecule has 31 heavy (non-hydrogen) atoms. The average Bonchev–Trinajstić information content (AvgIpc) is 2.73. The van der Waals surface area contributed by atoms with Gasteiger partial charge in [0.1, 0.15) is 22.6 Å². The Labute approximate surface area is 192 Å². The van der Waals surface area contributed by atoms with Crippen LogP contribution in [-0.2, 0) is 6.42 Å². The van der Waals surface area contributed by atoms with Gasteiger partial charge in [-0.3, -0.25) is 0 Å². The third-order valence-electron chi connectivity index (χ3n) is 5.24. The monoisotopic (exact) mass is 544 g/mol. The van der Waals surface area contributed by atoms with Gasteiger partial charge in [0.15, 0.2) is 0 Å². The number of carboxylic acids is 2. The molecule has 4 aromatic rings. The molecular formula is C23H14Br2O6. The van der Waals surface area contributed by atoms with E-state index in [2.05, 4.69) is 31.9 Å². The van der Waals surface area contributed by atoms with E-state index < -0.39 is 23.4 Å². The fourth-order valence-corrected chi connectivity index (χ4v) is 5.24. The lowest BCUT2D eigenvalue weighted by molar-refractivity contribution is 0.0681. The molecule has 8 heteroatoms. The summed E-state index contributed by atoms with van der Waals surface area (Å²) in [6, 6.07) is 13.9. The number of fused-ring (bicyclic) bond motifs is 2. The molecule has 0 saturated heterocycles. The maximum atomic E-state index is 11.8. The Morgan fingerprint density at radius 1 is 0.645 bits per heavy atom. The molecule has 4 N–H and O–H groups in total. The number of hydrogen-bond acceptors (Lipinski definition) is 4. The Balaban J connectivity index is 2.10. The lowest BCUT2D eigenvalue weighted by Crippen LogP contribution is -2.05. The molecule has 0 bridgehead atoms. The van der Waals surface area contributed by atoms with Gasteiger partial charge in [-0.05, 0) is 53.4 Å². The minimum Gasteiger partial charge on any atom is -0.507 e. The standard InChI is InChI=1S/C23H14Br2O6/c24-18-12-7-3-1-5-10(12)14(20(26)16(18)22(28)29)9-15-11-6-2-4-8-13(11)19(25)17(21(15)27)23(30)31/h1-8,26-27H,9H2,(H,28,29)(H,30,31). The summed E-state index contributed by atoms with van der Waals surface area (Å²) < 4.78 is 0.487. The number of phenols is 2. The highest BCUT2D eigenvalue weighted by Gasteiger charge is 2.26. The zero-order valence-electron chi connectivity index (χ0n) is 15.7. The van der Waals surface area contributed by atoms with E-state index in [1.54, 1.807) is 48.5 Å². The number of aromatic hydroxyl groups is 2. The van der Waals surface area contributed by atoms with Gasteiger partial charge in [-0.15, -0.1) is 0 Å².